The Bertz CT molecular complexity index is 495. The van der Waals surface area contributed by atoms with Crippen LogP contribution in [0.2, 0.25) is 0 Å². The van der Waals surface area contributed by atoms with Crippen molar-refractivity contribution in [2.24, 2.45) is 11.3 Å². The van der Waals surface area contributed by atoms with E-state index in [0.29, 0.717) is 11.5 Å². The summed E-state index contributed by atoms with van der Waals surface area (Å²) in [5.74, 6) is 0.684. The molecule has 0 bridgehead atoms. The van der Waals surface area contributed by atoms with Gasteiger partial charge in [0, 0.05) is 22.5 Å². The van der Waals surface area contributed by atoms with E-state index < -0.39 is 0 Å². The van der Waals surface area contributed by atoms with Gasteiger partial charge in [0.15, 0.2) is 0 Å². The van der Waals surface area contributed by atoms with Crippen molar-refractivity contribution in [3.63, 3.8) is 0 Å². The zero-order valence-electron chi connectivity index (χ0n) is 11.6. The van der Waals surface area contributed by atoms with Gasteiger partial charge in [0.05, 0.1) is 5.56 Å². The van der Waals surface area contributed by atoms with Gasteiger partial charge in [-0.1, -0.05) is 20.8 Å². The first-order valence-electron chi connectivity index (χ1n) is 6.57. The summed E-state index contributed by atoms with van der Waals surface area (Å²) in [5.41, 5.74) is 0.972. The quantitative estimate of drug-likeness (QED) is 0.757. The number of hydrogen-bond donors (Lipinski definition) is 1. The van der Waals surface area contributed by atoms with E-state index >= 15 is 0 Å². The molecule has 1 aromatic rings. The molecule has 0 aromatic heterocycles. The lowest BCUT2D eigenvalue weighted by molar-refractivity contribution is 0.0775. The Morgan fingerprint density at radius 2 is 2.11 bits per heavy atom. The zero-order chi connectivity index (χ0) is 14.2. The number of carbonyl (C=O) groups excluding carboxylic acids is 1. The van der Waals surface area contributed by atoms with Gasteiger partial charge in [-0.15, -0.1) is 12.6 Å². The Balaban J connectivity index is 2.16. The first-order valence-corrected chi connectivity index (χ1v) is 7.81. The van der Waals surface area contributed by atoms with Gasteiger partial charge in [-0.3, -0.25) is 4.79 Å². The molecule has 1 heterocycles. The largest absolute Gasteiger partial charge is 0.338 e. The molecule has 1 atom stereocenters. The molecule has 19 heavy (non-hydrogen) atoms. The van der Waals surface area contributed by atoms with Gasteiger partial charge in [-0.05, 0) is 51.9 Å². The van der Waals surface area contributed by atoms with Crippen LogP contribution in [-0.4, -0.2) is 23.9 Å². The van der Waals surface area contributed by atoms with Crippen molar-refractivity contribution in [2.75, 3.05) is 13.1 Å². The second kappa shape index (κ2) is 5.49. The molecule has 0 spiro atoms. The van der Waals surface area contributed by atoms with Crippen LogP contribution in [0.1, 0.15) is 37.6 Å². The van der Waals surface area contributed by atoms with Crippen LogP contribution in [0.3, 0.4) is 0 Å². The number of likely N-dealkylation sites (tertiary alicyclic amines) is 1. The predicted molar refractivity (Wildman–Crippen MR) is 84.9 cm³/mol. The summed E-state index contributed by atoms with van der Waals surface area (Å²) in [6, 6.07) is 5.60. The van der Waals surface area contributed by atoms with E-state index in [9.17, 15) is 4.79 Å². The van der Waals surface area contributed by atoms with Gasteiger partial charge in [0.2, 0.25) is 0 Å². The SMILES string of the molecule is CC(C)(C)C1CCN(C(=O)c2cc(S)ccc2Br)C1. The van der Waals surface area contributed by atoms with E-state index in [1.165, 1.54) is 0 Å². The van der Waals surface area contributed by atoms with Crippen LogP contribution in [0.15, 0.2) is 27.6 Å². The number of carbonyl (C=O) groups is 1. The molecule has 0 saturated carbocycles. The Morgan fingerprint density at radius 1 is 1.42 bits per heavy atom. The van der Waals surface area contributed by atoms with Gasteiger partial charge in [0.25, 0.3) is 5.91 Å². The summed E-state index contributed by atoms with van der Waals surface area (Å²) < 4.78 is 0.842. The summed E-state index contributed by atoms with van der Waals surface area (Å²) >= 11 is 7.76. The Kier molecular flexibility index (Phi) is 4.31. The molecule has 104 valence electrons. The average molecular weight is 342 g/mol. The van der Waals surface area contributed by atoms with E-state index in [0.717, 1.165) is 28.9 Å². The monoisotopic (exact) mass is 341 g/mol. The number of halogens is 1. The molecule has 1 aromatic carbocycles. The molecule has 0 N–H and O–H groups in total. The molecule has 2 rings (SSSR count). The maximum atomic E-state index is 12.6. The minimum Gasteiger partial charge on any atom is -0.338 e. The molecule has 1 amide bonds. The number of amides is 1. The summed E-state index contributed by atoms with van der Waals surface area (Å²) in [7, 11) is 0. The minimum atomic E-state index is 0.106. The average Bonchev–Trinajstić information content (AvgIpc) is 2.80. The first-order chi connectivity index (χ1) is 8.79. The number of rotatable bonds is 1. The van der Waals surface area contributed by atoms with Crippen molar-refractivity contribution >= 4 is 34.5 Å². The number of benzene rings is 1. The summed E-state index contributed by atoms with van der Waals surface area (Å²) in [6.45, 7) is 8.44. The topological polar surface area (TPSA) is 20.3 Å². The maximum absolute atomic E-state index is 12.6. The first kappa shape index (κ1) is 14.9. The Hall–Kier alpha value is -0.480. The zero-order valence-corrected chi connectivity index (χ0v) is 14.1. The normalized spacial score (nSPS) is 19.8. The lowest BCUT2D eigenvalue weighted by Gasteiger charge is -2.27. The highest BCUT2D eigenvalue weighted by Gasteiger charge is 2.34. The molecule has 1 aliphatic heterocycles. The molecule has 1 unspecified atom stereocenters. The summed E-state index contributed by atoms with van der Waals surface area (Å²) in [6.07, 6.45) is 1.09. The van der Waals surface area contributed by atoms with Gasteiger partial charge >= 0.3 is 0 Å². The molecule has 2 nitrogen and oxygen atoms in total. The Labute approximate surface area is 129 Å². The van der Waals surface area contributed by atoms with Crippen LogP contribution in [-0.2, 0) is 0 Å². The molecule has 0 radical (unpaired) electrons. The van der Waals surface area contributed by atoms with Crippen molar-refractivity contribution in [3.8, 4) is 0 Å². The summed E-state index contributed by atoms with van der Waals surface area (Å²) in [5, 5.41) is 0. The molecular formula is C15H20BrNOS. The van der Waals surface area contributed by atoms with Gasteiger partial charge in [0.1, 0.15) is 0 Å². The van der Waals surface area contributed by atoms with E-state index in [-0.39, 0.29) is 11.3 Å². The lowest BCUT2D eigenvalue weighted by atomic mass is 9.80. The highest BCUT2D eigenvalue weighted by atomic mass is 79.9. The van der Waals surface area contributed by atoms with Crippen LogP contribution >= 0.6 is 28.6 Å². The number of thiol groups is 1. The fourth-order valence-electron chi connectivity index (χ4n) is 2.50. The standard InChI is InChI=1S/C15H20BrNOS/c1-15(2,3)10-6-7-17(9-10)14(18)12-8-11(19)4-5-13(12)16/h4-5,8,10,19H,6-7,9H2,1-3H3. The van der Waals surface area contributed by atoms with Crippen LogP contribution in [0.4, 0.5) is 0 Å². The van der Waals surface area contributed by atoms with Crippen molar-refractivity contribution < 1.29 is 4.79 Å². The number of hydrogen-bond acceptors (Lipinski definition) is 2. The third kappa shape index (κ3) is 3.34. The molecular weight excluding hydrogens is 322 g/mol. The summed E-state index contributed by atoms with van der Waals surface area (Å²) in [4.78, 5) is 15.3. The van der Waals surface area contributed by atoms with E-state index in [1.54, 1.807) is 0 Å². The van der Waals surface area contributed by atoms with E-state index in [1.807, 2.05) is 23.1 Å². The van der Waals surface area contributed by atoms with Crippen molar-refractivity contribution in [1.82, 2.24) is 4.90 Å². The van der Waals surface area contributed by atoms with Crippen LogP contribution in [0.5, 0.6) is 0 Å². The Morgan fingerprint density at radius 3 is 2.68 bits per heavy atom. The predicted octanol–water partition coefficient (Wildman–Crippen LogP) is 4.25. The minimum absolute atomic E-state index is 0.106. The van der Waals surface area contributed by atoms with Crippen LogP contribution in [0.25, 0.3) is 0 Å². The van der Waals surface area contributed by atoms with Crippen molar-refractivity contribution in [2.45, 2.75) is 32.1 Å². The van der Waals surface area contributed by atoms with Gasteiger partial charge in [-0.2, -0.15) is 0 Å². The van der Waals surface area contributed by atoms with E-state index in [2.05, 4.69) is 49.3 Å². The highest BCUT2D eigenvalue weighted by molar-refractivity contribution is 9.10. The van der Waals surface area contributed by atoms with Crippen LogP contribution in [0, 0.1) is 11.3 Å². The van der Waals surface area contributed by atoms with Crippen molar-refractivity contribution in [3.05, 3.63) is 28.2 Å². The number of nitrogens with zero attached hydrogens (tertiary/aromatic N) is 1. The van der Waals surface area contributed by atoms with Crippen LogP contribution < -0.4 is 0 Å². The molecule has 1 saturated heterocycles. The second-order valence-corrected chi connectivity index (χ2v) is 7.64. The lowest BCUT2D eigenvalue weighted by Crippen LogP contribution is -2.31. The third-order valence-corrected chi connectivity index (χ3v) is 4.85. The molecule has 0 aliphatic carbocycles. The van der Waals surface area contributed by atoms with Crippen molar-refractivity contribution in [1.29, 1.82) is 0 Å². The third-order valence-electron chi connectivity index (χ3n) is 3.88. The molecule has 4 heteroatoms. The highest BCUT2D eigenvalue weighted by Crippen LogP contribution is 2.34. The van der Waals surface area contributed by atoms with Gasteiger partial charge < -0.3 is 4.90 Å². The smallest absolute Gasteiger partial charge is 0.255 e. The fourth-order valence-corrected chi connectivity index (χ4v) is 3.12. The van der Waals surface area contributed by atoms with E-state index in [4.69, 9.17) is 0 Å². The second-order valence-electron chi connectivity index (χ2n) is 6.27. The molecule has 1 aliphatic rings. The molecule has 1 fully saturated rings. The fraction of sp³-hybridized carbons (Fsp3) is 0.533. The maximum Gasteiger partial charge on any atom is 0.255 e. The van der Waals surface area contributed by atoms with Gasteiger partial charge in [-0.25, -0.2) is 0 Å².